The fourth-order valence-electron chi connectivity index (χ4n) is 1.95. The monoisotopic (exact) mass is 321 g/mol. The highest BCUT2D eigenvalue weighted by atomic mass is 79.9. The van der Waals surface area contributed by atoms with Crippen LogP contribution in [0.4, 0.5) is 4.48 Å². The number of halogens is 2. The van der Waals surface area contributed by atoms with E-state index in [0.29, 0.717) is 22.9 Å². The van der Waals surface area contributed by atoms with Crippen LogP contribution >= 0.6 is 15.9 Å². The summed E-state index contributed by atoms with van der Waals surface area (Å²) >= 11 is 3.26. The standard InChI is InChI=1S/C11H13BrFNO2S/c12-9-1-3-10(4-2-9)17(15,16)11-5-7-14(13)8-6-11/h1-4,11H,5-8H2. The Balaban J connectivity index is 2.21. The third-order valence-corrected chi connectivity index (χ3v) is 5.78. The first kappa shape index (κ1) is 13.0. The molecule has 6 heteroatoms. The molecule has 0 aromatic heterocycles. The molecule has 1 aromatic rings. The minimum atomic E-state index is -3.32. The van der Waals surface area contributed by atoms with Crippen molar-refractivity contribution in [2.45, 2.75) is 23.0 Å². The van der Waals surface area contributed by atoms with Gasteiger partial charge in [-0.1, -0.05) is 15.9 Å². The van der Waals surface area contributed by atoms with Crippen LogP contribution in [0.3, 0.4) is 0 Å². The second kappa shape index (κ2) is 5.04. The number of sulfone groups is 1. The maximum atomic E-state index is 12.8. The Labute approximate surface area is 109 Å². The Bertz CT molecular complexity index is 481. The smallest absolute Gasteiger partial charge is 0.181 e. The van der Waals surface area contributed by atoms with E-state index >= 15 is 0 Å². The number of hydrogen-bond donors (Lipinski definition) is 0. The van der Waals surface area contributed by atoms with Gasteiger partial charge < -0.3 is 0 Å². The summed E-state index contributed by atoms with van der Waals surface area (Å²) in [7, 11) is -3.32. The highest BCUT2D eigenvalue weighted by Crippen LogP contribution is 2.25. The molecular formula is C11H13BrFNO2S. The van der Waals surface area contributed by atoms with Crippen molar-refractivity contribution in [2.24, 2.45) is 0 Å². The maximum absolute atomic E-state index is 12.8. The van der Waals surface area contributed by atoms with Gasteiger partial charge in [-0.15, -0.1) is 9.60 Å². The summed E-state index contributed by atoms with van der Waals surface area (Å²) in [5.41, 5.74) is 0. The molecule has 1 aromatic carbocycles. The molecule has 3 nitrogen and oxygen atoms in total. The molecule has 94 valence electrons. The fourth-order valence-corrected chi connectivity index (χ4v) is 3.95. The van der Waals surface area contributed by atoms with Crippen LogP contribution in [0.1, 0.15) is 12.8 Å². The van der Waals surface area contributed by atoms with Crippen molar-refractivity contribution < 1.29 is 12.9 Å². The maximum Gasteiger partial charge on any atom is 0.181 e. The molecule has 0 amide bonds. The molecular weight excluding hydrogens is 309 g/mol. The highest BCUT2D eigenvalue weighted by molar-refractivity contribution is 9.10. The largest absolute Gasteiger partial charge is 0.223 e. The van der Waals surface area contributed by atoms with Crippen LogP contribution < -0.4 is 0 Å². The summed E-state index contributed by atoms with van der Waals surface area (Å²) in [6.07, 6.45) is 0.712. The van der Waals surface area contributed by atoms with Gasteiger partial charge in [-0.25, -0.2) is 8.42 Å². The lowest BCUT2D eigenvalue weighted by atomic mass is 10.2. The van der Waals surface area contributed by atoms with Crippen molar-refractivity contribution in [3.63, 3.8) is 0 Å². The summed E-state index contributed by atoms with van der Waals surface area (Å²) in [6, 6.07) is 6.58. The Kier molecular flexibility index (Phi) is 3.85. The van der Waals surface area contributed by atoms with Crippen LogP contribution in [-0.4, -0.2) is 31.9 Å². The van der Waals surface area contributed by atoms with E-state index in [-0.39, 0.29) is 13.1 Å². The summed E-state index contributed by atoms with van der Waals surface area (Å²) in [5.74, 6) is 0. The van der Waals surface area contributed by atoms with Gasteiger partial charge in [0, 0.05) is 17.6 Å². The third kappa shape index (κ3) is 2.86. The highest BCUT2D eigenvalue weighted by Gasteiger charge is 2.31. The van der Waals surface area contributed by atoms with Crippen LogP contribution in [0.25, 0.3) is 0 Å². The lowest BCUT2D eigenvalue weighted by Gasteiger charge is -2.25. The van der Waals surface area contributed by atoms with Gasteiger partial charge in [-0.05, 0) is 37.1 Å². The molecule has 1 aliphatic rings. The van der Waals surface area contributed by atoms with Gasteiger partial charge in [0.25, 0.3) is 0 Å². The molecule has 0 unspecified atom stereocenters. The summed E-state index contributed by atoms with van der Waals surface area (Å²) in [6.45, 7) is 0.390. The molecule has 0 saturated carbocycles. The molecule has 0 N–H and O–H groups in total. The number of hydrogen-bond acceptors (Lipinski definition) is 3. The zero-order valence-electron chi connectivity index (χ0n) is 9.14. The van der Waals surface area contributed by atoms with Gasteiger partial charge in [0.05, 0.1) is 10.1 Å². The average Bonchev–Trinajstić information content (AvgIpc) is 2.30. The predicted molar refractivity (Wildman–Crippen MR) is 67.0 cm³/mol. The van der Waals surface area contributed by atoms with Gasteiger partial charge in [-0.2, -0.15) is 0 Å². The van der Waals surface area contributed by atoms with E-state index in [4.69, 9.17) is 0 Å². The van der Waals surface area contributed by atoms with Crippen LogP contribution in [0.15, 0.2) is 33.6 Å². The molecule has 0 aliphatic carbocycles. The quantitative estimate of drug-likeness (QED) is 0.786. The normalized spacial score (nSPS) is 19.4. The first-order valence-corrected chi connectivity index (χ1v) is 7.74. The van der Waals surface area contributed by atoms with Crippen molar-refractivity contribution in [3.05, 3.63) is 28.7 Å². The van der Waals surface area contributed by atoms with E-state index in [2.05, 4.69) is 15.9 Å². The Hall–Kier alpha value is -0.460. The van der Waals surface area contributed by atoms with Crippen LogP contribution in [0, 0.1) is 0 Å². The first-order valence-electron chi connectivity index (χ1n) is 5.40. The van der Waals surface area contributed by atoms with Crippen molar-refractivity contribution in [3.8, 4) is 0 Å². The van der Waals surface area contributed by atoms with Crippen LogP contribution in [0.2, 0.25) is 0 Å². The molecule has 2 rings (SSSR count). The van der Waals surface area contributed by atoms with Crippen molar-refractivity contribution in [1.82, 2.24) is 5.12 Å². The number of piperidine rings is 1. The van der Waals surface area contributed by atoms with Gasteiger partial charge in [0.15, 0.2) is 9.84 Å². The fraction of sp³-hybridized carbons (Fsp3) is 0.455. The Morgan fingerprint density at radius 2 is 1.71 bits per heavy atom. The van der Waals surface area contributed by atoms with Crippen LogP contribution in [-0.2, 0) is 9.84 Å². The van der Waals surface area contributed by atoms with E-state index in [9.17, 15) is 12.9 Å². The topological polar surface area (TPSA) is 37.4 Å². The Morgan fingerprint density at radius 3 is 2.24 bits per heavy atom. The second-order valence-electron chi connectivity index (χ2n) is 4.11. The molecule has 1 saturated heterocycles. The van der Waals surface area contributed by atoms with Gasteiger partial charge >= 0.3 is 0 Å². The number of benzene rings is 1. The summed E-state index contributed by atoms with van der Waals surface area (Å²) < 4.78 is 38.2. The molecule has 0 radical (unpaired) electrons. The van der Waals surface area contributed by atoms with E-state index in [1.807, 2.05) is 0 Å². The van der Waals surface area contributed by atoms with E-state index in [1.54, 1.807) is 24.3 Å². The molecule has 0 atom stereocenters. The van der Waals surface area contributed by atoms with Gasteiger partial charge in [0.1, 0.15) is 0 Å². The lowest BCUT2D eigenvalue weighted by molar-refractivity contribution is 0.00727. The van der Waals surface area contributed by atoms with Gasteiger partial charge in [0.2, 0.25) is 0 Å². The minimum absolute atomic E-state index is 0.195. The van der Waals surface area contributed by atoms with Gasteiger partial charge in [-0.3, -0.25) is 0 Å². The molecule has 1 aliphatic heterocycles. The van der Waals surface area contributed by atoms with E-state index in [0.717, 1.165) is 4.47 Å². The Morgan fingerprint density at radius 1 is 1.18 bits per heavy atom. The zero-order valence-corrected chi connectivity index (χ0v) is 11.5. The zero-order chi connectivity index (χ0) is 12.5. The molecule has 1 fully saturated rings. The minimum Gasteiger partial charge on any atom is -0.223 e. The molecule has 1 heterocycles. The summed E-state index contributed by atoms with van der Waals surface area (Å²) in [4.78, 5) is 0.318. The number of nitrogens with zero attached hydrogens (tertiary/aromatic N) is 1. The van der Waals surface area contributed by atoms with Crippen LogP contribution in [0.5, 0.6) is 0 Å². The molecule has 0 bridgehead atoms. The molecule has 0 spiro atoms. The second-order valence-corrected chi connectivity index (χ2v) is 7.25. The average molecular weight is 322 g/mol. The van der Waals surface area contributed by atoms with Crippen molar-refractivity contribution >= 4 is 25.8 Å². The van der Waals surface area contributed by atoms with E-state index < -0.39 is 15.1 Å². The molecule has 17 heavy (non-hydrogen) atoms. The predicted octanol–water partition coefficient (Wildman–Crippen LogP) is 2.57. The first-order chi connectivity index (χ1) is 8.00. The SMILES string of the molecule is O=S(=O)(c1ccc(Br)cc1)C1CCN(F)CC1. The van der Waals surface area contributed by atoms with Crippen molar-refractivity contribution in [1.29, 1.82) is 0 Å². The van der Waals surface area contributed by atoms with Crippen molar-refractivity contribution in [2.75, 3.05) is 13.1 Å². The number of rotatable bonds is 2. The van der Waals surface area contributed by atoms with E-state index in [1.165, 1.54) is 0 Å². The lowest BCUT2D eigenvalue weighted by Crippen LogP contribution is -2.35. The third-order valence-electron chi connectivity index (χ3n) is 2.97. The summed E-state index contributed by atoms with van der Waals surface area (Å²) in [5, 5.41) is 0.212.